The van der Waals surface area contributed by atoms with Crippen molar-refractivity contribution in [3.8, 4) is 12.3 Å². The molecule has 0 aromatic rings. The summed E-state index contributed by atoms with van der Waals surface area (Å²) in [6, 6.07) is 0.0536. The van der Waals surface area contributed by atoms with Crippen molar-refractivity contribution < 1.29 is 14.6 Å². The van der Waals surface area contributed by atoms with Crippen LogP contribution in [0.25, 0.3) is 0 Å². The standard InChI is InChI=1S/C13H21NO3/c1-5-11(15)9-6-7-10(8-9)14-12(16)17-13(2,3)4/h1,9-11,15H,6-8H2,2-4H3,(H,14,16). The molecule has 0 aromatic carbocycles. The molecule has 1 saturated carbocycles. The first kappa shape index (κ1) is 13.9. The minimum atomic E-state index is -0.708. The van der Waals surface area contributed by atoms with Crippen molar-refractivity contribution in [3.05, 3.63) is 0 Å². The van der Waals surface area contributed by atoms with Crippen LogP contribution in [-0.4, -0.2) is 28.9 Å². The monoisotopic (exact) mass is 239 g/mol. The minimum absolute atomic E-state index is 0.0536. The Morgan fingerprint density at radius 3 is 2.71 bits per heavy atom. The van der Waals surface area contributed by atoms with Gasteiger partial charge in [0, 0.05) is 6.04 Å². The van der Waals surface area contributed by atoms with Gasteiger partial charge in [0.2, 0.25) is 0 Å². The van der Waals surface area contributed by atoms with Crippen LogP contribution >= 0.6 is 0 Å². The molecule has 3 atom stereocenters. The molecule has 0 heterocycles. The first-order chi connectivity index (χ1) is 7.81. The van der Waals surface area contributed by atoms with Gasteiger partial charge in [-0.2, -0.15) is 0 Å². The summed E-state index contributed by atoms with van der Waals surface area (Å²) in [6.45, 7) is 5.48. The van der Waals surface area contributed by atoms with Gasteiger partial charge in [-0.25, -0.2) is 4.79 Å². The molecule has 0 bridgehead atoms. The quantitative estimate of drug-likeness (QED) is 0.721. The molecule has 0 spiro atoms. The number of hydrogen-bond acceptors (Lipinski definition) is 3. The van der Waals surface area contributed by atoms with Gasteiger partial charge in [-0.3, -0.25) is 0 Å². The molecule has 4 heteroatoms. The molecular weight excluding hydrogens is 218 g/mol. The van der Waals surface area contributed by atoms with Crippen molar-refractivity contribution in [2.75, 3.05) is 0 Å². The number of ether oxygens (including phenoxy) is 1. The Kier molecular flexibility index (Phi) is 4.41. The van der Waals surface area contributed by atoms with E-state index in [-0.39, 0.29) is 12.0 Å². The SMILES string of the molecule is C#CC(O)C1CCC(NC(=O)OC(C)(C)C)C1. The highest BCUT2D eigenvalue weighted by molar-refractivity contribution is 5.68. The maximum absolute atomic E-state index is 11.5. The Labute approximate surface area is 103 Å². The lowest BCUT2D eigenvalue weighted by Crippen LogP contribution is -2.38. The average molecular weight is 239 g/mol. The first-order valence-corrected chi connectivity index (χ1v) is 5.95. The van der Waals surface area contributed by atoms with E-state index in [2.05, 4.69) is 11.2 Å². The lowest BCUT2D eigenvalue weighted by atomic mass is 10.0. The fourth-order valence-corrected chi connectivity index (χ4v) is 2.04. The van der Waals surface area contributed by atoms with Gasteiger partial charge in [-0.05, 0) is 46.0 Å². The third kappa shape index (κ3) is 4.66. The van der Waals surface area contributed by atoms with E-state index in [4.69, 9.17) is 11.2 Å². The molecule has 17 heavy (non-hydrogen) atoms. The van der Waals surface area contributed by atoms with Crippen LogP contribution in [0.2, 0.25) is 0 Å². The Bertz CT molecular complexity index is 314. The summed E-state index contributed by atoms with van der Waals surface area (Å²) < 4.78 is 5.17. The topological polar surface area (TPSA) is 58.6 Å². The van der Waals surface area contributed by atoms with Crippen molar-refractivity contribution in [1.29, 1.82) is 0 Å². The maximum Gasteiger partial charge on any atom is 0.407 e. The summed E-state index contributed by atoms with van der Waals surface area (Å²) >= 11 is 0. The predicted molar refractivity (Wildman–Crippen MR) is 65.3 cm³/mol. The molecule has 0 saturated heterocycles. The number of amides is 1. The highest BCUT2D eigenvalue weighted by Crippen LogP contribution is 2.28. The molecule has 1 fully saturated rings. The molecule has 0 aliphatic heterocycles. The number of carbonyl (C=O) groups is 1. The molecule has 96 valence electrons. The summed E-state index contributed by atoms with van der Waals surface area (Å²) in [5.74, 6) is 2.41. The van der Waals surface area contributed by atoms with E-state index in [1.165, 1.54) is 0 Å². The molecular formula is C13H21NO3. The summed E-state index contributed by atoms with van der Waals surface area (Å²) in [5.41, 5.74) is -0.486. The number of alkyl carbamates (subject to hydrolysis) is 1. The van der Waals surface area contributed by atoms with Crippen LogP contribution in [0.4, 0.5) is 4.79 Å². The number of aliphatic hydroxyl groups excluding tert-OH is 1. The molecule has 3 unspecified atom stereocenters. The Morgan fingerprint density at radius 1 is 1.53 bits per heavy atom. The van der Waals surface area contributed by atoms with E-state index in [9.17, 15) is 9.90 Å². The van der Waals surface area contributed by atoms with E-state index >= 15 is 0 Å². The molecule has 1 aliphatic rings. The van der Waals surface area contributed by atoms with Gasteiger partial charge in [0.25, 0.3) is 0 Å². The van der Waals surface area contributed by atoms with Gasteiger partial charge in [0.05, 0.1) is 0 Å². The largest absolute Gasteiger partial charge is 0.444 e. The molecule has 1 rings (SSSR count). The van der Waals surface area contributed by atoms with Gasteiger partial charge >= 0.3 is 6.09 Å². The molecule has 0 aromatic heterocycles. The zero-order valence-electron chi connectivity index (χ0n) is 10.7. The normalized spacial score (nSPS) is 26.1. The summed E-state index contributed by atoms with van der Waals surface area (Å²) in [4.78, 5) is 11.5. The Hall–Kier alpha value is -1.21. The van der Waals surface area contributed by atoms with E-state index in [1.54, 1.807) is 0 Å². The third-order valence-electron chi connectivity index (χ3n) is 2.81. The van der Waals surface area contributed by atoms with Gasteiger partial charge < -0.3 is 15.2 Å². The number of hydrogen-bond donors (Lipinski definition) is 2. The molecule has 1 amide bonds. The summed E-state index contributed by atoms with van der Waals surface area (Å²) in [5, 5.41) is 12.3. The minimum Gasteiger partial charge on any atom is -0.444 e. The molecule has 1 aliphatic carbocycles. The van der Waals surface area contributed by atoms with Gasteiger partial charge in [-0.15, -0.1) is 6.42 Å². The van der Waals surface area contributed by atoms with Crippen molar-refractivity contribution in [2.45, 2.75) is 57.8 Å². The predicted octanol–water partition coefficient (Wildman–Crippen LogP) is 1.67. The van der Waals surface area contributed by atoms with E-state index in [1.807, 2.05) is 20.8 Å². The smallest absolute Gasteiger partial charge is 0.407 e. The van der Waals surface area contributed by atoms with E-state index in [0.29, 0.717) is 6.42 Å². The fourth-order valence-electron chi connectivity index (χ4n) is 2.04. The maximum atomic E-state index is 11.5. The fraction of sp³-hybridized carbons (Fsp3) is 0.769. The van der Waals surface area contributed by atoms with E-state index in [0.717, 1.165) is 12.8 Å². The Balaban J connectivity index is 2.36. The van der Waals surface area contributed by atoms with Gasteiger partial charge in [0.1, 0.15) is 11.7 Å². The first-order valence-electron chi connectivity index (χ1n) is 5.95. The van der Waals surface area contributed by atoms with Crippen molar-refractivity contribution in [2.24, 2.45) is 5.92 Å². The molecule has 0 radical (unpaired) electrons. The van der Waals surface area contributed by atoms with Gasteiger partial charge in [-0.1, -0.05) is 5.92 Å². The second-order valence-electron chi connectivity index (χ2n) is 5.53. The second-order valence-corrected chi connectivity index (χ2v) is 5.53. The van der Waals surface area contributed by atoms with E-state index < -0.39 is 17.8 Å². The lowest BCUT2D eigenvalue weighted by molar-refractivity contribution is 0.0502. The average Bonchev–Trinajstić information content (AvgIpc) is 2.62. The van der Waals surface area contributed by atoms with Crippen molar-refractivity contribution in [3.63, 3.8) is 0 Å². The highest BCUT2D eigenvalue weighted by atomic mass is 16.6. The van der Waals surface area contributed by atoms with Crippen LogP contribution in [0.1, 0.15) is 40.0 Å². The van der Waals surface area contributed by atoms with Gasteiger partial charge in [0.15, 0.2) is 0 Å². The van der Waals surface area contributed by atoms with Crippen LogP contribution in [-0.2, 0) is 4.74 Å². The summed E-state index contributed by atoms with van der Waals surface area (Å²) in [7, 11) is 0. The zero-order chi connectivity index (χ0) is 13.1. The zero-order valence-corrected chi connectivity index (χ0v) is 10.7. The second kappa shape index (κ2) is 5.42. The van der Waals surface area contributed by atoms with Crippen LogP contribution < -0.4 is 5.32 Å². The van der Waals surface area contributed by atoms with Crippen LogP contribution in [0.5, 0.6) is 0 Å². The van der Waals surface area contributed by atoms with Crippen LogP contribution in [0, 0.1) is 18.3 Å². The summed E-state index contributed by atoms with van der Waals surface area (Å²) in [6.07, 6.45) is 6.45. The van der Waals surface area contributed by atoms with Crippen LogP contribution in [0.3, 0.4) is 0 Å². The number of aliphatic hydroxyl groups is 1. The van der Waals surface area contributed by atoms with Crippen molar-refractivity contribution >= 4 is 6.09 Å². The van der Waals surface area contributed by atoms with Crippen molar-refractivity contribution in [1.82, 2.24) is 5.32 Å². The number of carbonyl (C=O) groups excluding carboxylic acids is 1. The molecule has 2 N–H and O–H groups in total. The Morgan fingerprint density at radius 2 is 2.18 bits per heavy atom. The number of nitrogens with one attached hydrogen (secondary N) is 1. The van der Waals surface area contributed by atoms with Crippen LogP contribution in [0.15, 0.2) is 0 Å². The number of terminal acetylenes is 1. The molecule has 4 nitrogen and oxygen atoms in total. The number of rotatable bonds is 2. The lowest BCUT2D eigenvalue weighted by Gasteiger charge is -2.22. The third-order valence-corrected chi connectivity index (χ3v) is 2.81. The highest BCUT2D eigenvalue weighted by Gasteiger charge is 2.30.